The molecular formula is C17H32N2O2. The third-order valence-electron chi connectivity index (χ3n) is 2.97. The van der Waals surface area contributed by atoms with E-state index in [1.807, 2.05) is 19.2 Å². The molecule has 21 heavy (non-hydrogen) atoms. The quantitative estimate of drug-likeness (QED) is 0.800. The molecule has 0 bridgehead atoms. The predicted molar refractivity (Wildman–Crippen MR) is 90.6 cm³/mol. The molecule has 1 N–H and O–H groups in total. The highest BCUT2D eigenvalue weighted by Crippen LogP contribution is 2.27. The fourth-order valence-electron chi connectivity index (χ4n) is 1.77. The first-order valence-corrected chi connectivity index (χ1v) is 7.66. The molecule has 0 aliphatic rings. The highest BCUT2D eigenvalue weighted by Gasteiger charge is 2.05. The molecule has 0 aliphatic heterocycles. The third-order valence-corrected chi connectivity index (χ3v) is 2.97. The Labute approximate surface area is 130 Å². The lowest BCUT2D eigenvalue weighted by atomic mass is 10.1. The van der Waals surface area contributed by atoms with E-state index < -0.39 is 0 Å². The second-order valence-corrected chi connectivity index (χ2v) is 5.05. The molecule has 0 fully saturated rings. The van der Waals surface area contributed by atoms with Crippen LogP contribution in [0.4, 0.5) is 0 Å². The first-order chi connectivity index (χ1) is 10.1. The lowest BCUT2D eigenvalue weighted by Crippen LogP contribution is -2.29. The smallest absolute Gasteiger partial charge is 0.160 e. The molecule has 4 nitrogen and oxygen atoms in total. The first-order valence-electron chi connectivity index (χ1n) is 7.66. The van der Waals surface area contributed by atoms with Crippen LogP contribution < -0.4 is 14.8 Å². The Kier molecular flexibility index (Phi) is 11.7. The molecule has 1 rings (SSSR count). The van der Waals surface area contributed by atoms with Gasteiger partial charge in [-0.15, -0.1) is 0 Å². The Bertz CT molecular complexity index is 370. The average Bonchev–Trinajstić information content (AvgIpc) is 2.51. The van der Waals surface area contributed by atoms with Crippen LogP contribution in [0.15, 0.2) is 18.2 Å². The van der Waals surface area contributed by atoms with Gasteiger partial charge in [-0.3, -0.25) is 0 Å². The zero-order chi connectivity index (χ0) is 16.1. The molecule has 1 aromatic rings. The molecule has 0 radical (unpaired) electrons. The molecule has 0 spiro atoms. The fourth-order valence-corrected chi connectivity index (χ4v) is 1.77. The number of nitrogens with zero attached hydrogens (tertiary/aromatic N) is 1. The minimum absolute atomic E-state index is 0.782. The Morgan fingerprint density at radius 1 is 1.05 bits per heavy atom. The molecule has 0 amide bonds. The molecule has 0 aromatic heterocycles. The van der Waals surface area contributed by atoms with Gasteiger partial charge in [0, 0.05) is 19.6 Å². The number of benzene rings is 1. The van der Waals surface area contributed by atoms with Crippen molar-refractivity contribution in [1.29, 1.82) is 0 Å². The second-order valence-electron chi connectivity index (χ2n) is 5.05. The van der Waals surface area contributed by atoms with Crippen molar-refractivity contribution in [1.82, 2.24) is 10.2 Å². The van der Waals surface area contributed by atoms with E-state index in [0.717, 1.165) is 37.6 Å². The highest BCUT2D eigenvalue weighted by molar-refractivity contribution is 5.42. The number of methoxy groups -OCH3 is 2. The van der Waals surface area contributed by atoms with Crippen molar-refractivity contribution in [3.63, 3.8) is 0 Å². The maximum Gasteiger partial charge on any atom is 0.160 e. The summed E-state index contributed by atoms with van der Waals surface area (Å²) in [5, 5.41) is 3.15. The molecule has 122 valence electrons. The van der Waals surface area contributed by atoms with Gasteiger partial charge in [0.15, 0.2) is 11.5 Å². The SMILES string of the molecule is CCC.CNCCN(C)CCc1ccc(OC)c(OC)c1. The van der Waals surface area contributed by atoms with Crippen molar-refractivity contribution < 1.29 is 9.47 Å². The number of hydrogen-bond donors (Lipinski definition) is 1. The van der Waals surface area contributed by atoms with Gasteiger partial charge in [-0.05, 0) is 38.2 Å². The summed E-state index contributed by atoms with van der Waals surface area (Å²) in [6.45, 7) is 7.36. The van der Waals surface area contributed by atoms with Gasteiger partial charge >= 0.3 is 0 Å². The van der Waals surface area contributed by atoms with Gasteiger partial charge in [-0.25, -0.2) is 0 Å². The molecule has 0 aliphatic carbocycles. The molecule has 0 saturated heterocycles. The summed E-state index contributed by atoms with van der Waals surface area (Å²) < 4.78 is 10.5. The summed E-state index contributed by atoms with van der Waals surface area (Å²) in [4.78, 5) is 2.31. The van der Waals surface area contributed by atoms with Crippen molar-refractivity contribution in [3.05, 3.63) is 23.8 Å². The normalized spacial score (nSPS) is 10.0. The number of ether oxygens (including phenoxy) is 2. The van der Waals surface area contributed by atoms with E-state index in [-0.39, 0.29) is 0 Å². The summed E-state index contributed by atoms with van der Waals surface area (Å²) in [5.41, 5.74) is 1.27. The minimum Gasteiger partial charge on any atom is -0.493 e. The van der Waals surface area contributed by atoms with E-state index in [1.165, 1.54) is 12.0 Å². The van der Waals surface area contributed by atoms with Gasteiger partial charge in [-0.1, -0.05) is 26.3 Å². The number of nitrogens with one attached hydrogen (secondary N) is 1. The Morgan fingerprint density at radius 3 is 2.19 bits per heavy atom. The summed E-state index contributed by atoms with van der Waals surface area (Å²) in [5.74, 6) is 1.58. The van der Waals surface area contributed by atoms with E-state index in [0.29, 0.717) is 0 Å². The maximum atomic E-state index is 5.30. The zero-order valence-corrected chi connectivity index (χ0v) is 14.5. The minimum atomic E-state index is 0.782. The van der Waals surface area contributed by atoms with Crippen molar-refractivity contribution >= 4 is 0 Å². The highest BCUT2D eigenvalue weighted by atomic mass is 16.5. The van der Waals surface area contributed by atoms with Gasteiger partial charge in [0.2, 0.25) is 0 Å². The number of rotatable bonds is 8. The fraction of sp³-hybridized carbons (Fsp3) is 0.647. The van der Waals surface area contributed by atoms with Gasteiger partial charge < -0.3 is 19.7 Å². The molecule has 0 unspecified atom stereocenters. The summed E-state index contributed by atoms with van der Waals surface area (Å²) in [6.07, 6.45) is 2.26. The Hall–Kier alpha value is -1.26. The van der Waals surface area contributed by atoms with E-state index in [9.17, 15) is 0 Å². The largest absolute Gasteiger partial charge is 0.493 e. The molecule has 0 saturated carbocycles. The van der Waals surface area contributed by atoms with E-state index in [1.54, 1.807) is 14.2 Å². The molecule has 0 heterocycles. The van der Waals surface area contributed by atoms with Crippen LogP contribution in [-0.2, 0) is 6.42 Å². The summed E-state index contributed by atoms with van der Waals surface area (Å²) in [7, 11) is 7.43. The van der Waals surface area contributed by atoms with Crippen LogP contribution in [0.1, 0.15) is 25.8 Å². The lowest BCUT2D eigenvalue weighted by molar-refractivity contribution is 0.338. The van der Waals surface area contributed by atoms with Crippen LogP contribution in [0.5, 0.6) is 11.5 Å². The van der Waals surface area contributed by atoms with E-state index >= 15 is 0 Å². The average molecular weight is 296 g/mol. The summed E-state index contributed by atoms with van der Waals surface area (Å²) >= 11 is 0. The molecule has 4 heteroatoms. The van der Waals surface area contributed by atoms with Gasteiger partial charge in [0.25, 0.3) is 0 Å². The van der Waals surface area contributed by atoms with Crippen LogP contribution in [0, 0.1) is 0 Å². The van der Waals surface area contributed by atoms with E-state index in [2.05, 4.69) is 37.2 Å². The third kappa shape index (κ3) is 8.58. The Balaban J connectivity index is 0.00000122. The predicted octanol–water partition coefficient (Wildman–Crippen LogP) is 2.81. The van der Waals surface area contributed by atoms with Gasteiger partial charge in [0.05, 0.1) is 14.2 Å². The monoisotopic (exact) mass is 296 g/mol. The Morgan fingerprint density at radius 2 is 1.67 bits per heavy atom. The topological polar surface area (TPSA) is 33.7 Å². The molecule has 0 atom stereocenters. The van der Waals surface area contributed by atoms with Gasteiger partial charge in [-0.2, -0.15) is 0 Å². The van der Waals surface area contributed by atoms with Crippen molar-refractivity contribution in [2.45, 2.75) is 26.7 Å². The van der Waals surface area contributed by atoms with Crippen LogP contribution in [-0.4, -0.2) is 52.8 Å². The van der Waals surface area contributed by atoms with E-state index in [4.69, 9.17) is 9.47 Å². The van der Waals surface area contributed by atoms with Crippen LogP contribution in [0.25, 0.3) is 0 Å². The summed E-state index contributed by atoms with van der Waals surface area (Å²) in [6, 6.07) is 6.10. The standard InChI is InChI=1S/C14H24N2O2.C3H8/c1-15-8-10-16(2)9-7-12-5-6-13(17-3)14(11-12)18-4;1-3-2/h5-6,11,15H,7-10H2,1-4H3;3H2,1-2H3. The molecule has 1 aromatic carbocycles. The number of likely N-dealkylation sites (N-methyl/N-ethyl adjacent to an activating group) is 2. The second kappa shape index (κ2) is 12.5. The van der Waals surface area contributed by atoms with Crippen LogP contribution in [0.2, 0.25) is 0 Å². The van der Waals surface area contributed by atoms with Crippen molar-refractivity contribution in [3.8, 4) is 11.5 Å². The zero-order valence-electron chi connectivity index (χ0n) is 14.5. The van der Waals surface area contributed by atoms with Crippen molar-refractivity contribution in [2.24, 2.45) is 0 Å². The maximum absolute atomic E-state index is 5.30. The van der Waals surface area contributed by atoms with Gasteiger partial charge in [0.1, 0.15) is 0 Å². The lowest BCUT2D eigenvalue weighted by Gasteiger charge is -2.16. The van der Waals surface area contributed by atoms with Crippen LogP contribution in [0.3, 0.4) is 0 Å². The first kappa shape index (κ1) is 19.7. The van der Waals surface area contributed by atoms with Crippen molar-refractivity contribution in [2.75, 3.05) is 47.9 Å². The van der Waals surface area contributed by atoms with Crippen LogP contribution >= 0.6 is 0 Å². The molecular weight excluding hydrogens is 264 g/mol. The number of hydrogen-bond acceptors (Lipinski definition) is 4.